The first kappa shape index (κ1) is 13.5. The lowest BCUT2D eigenvalue weighted by Gasteiger charge is -2.20. The third-order valence-corrected chi connectivity index (χ3v) is 2.37. The summed E-state index contributed by atoms with van der Waals surface area (Å²) in [5, 5.41) is 8.80. The molecule has 1 aromatic carbocycles. The normalized spacial score (nSPS) is 10.7. The Morgan fingerprint density at radius 1 is 1.41 bits per heavy atom. The van der Waals surface area contributed by atoms with Crippen molar-refractivity contribution in [1.82, 2.24) is 4.90 Å². The largest absolute Gasteiger partial charge is 0.399 e. The van der Waals surface area contributed by atoms with Gasteiger partial charge in [-0.3, -0.25) is 9.69 Å². The Morgan fingerprint density at radius 2 is 2.18 bits per heavy atom. The summed E-state index contributed by atoms with van der Waals surface area (Å²) >= 11 is 0. The number of anilines is 1. The molecule has 0 aliphatic carbocycles. The van der Waals surface area contributed by atoms with Crippen LogP contribution in [0.15, 0.2) is 24.3 Å². The quantitative estimate of drug-likeness (QED) is 0.579. The van der Waals surface area contributed by atoms with Gasteiger partial charge in [-0.1, -0.05) is 12.1 Å². The number of primary amides is 1. The number of aliphatic hydroxyl groups is 1. The number of hydrogen-bond donors (Lipinski definition) is 3. The topological polar surface area (TPSA) is 92.6 Å². The van der Waals surface area contributed by atoms with Gasteiger partial charge in [0.25, 0.3) is 0 Å². The van der Waals surface area contributed by atoms with Crippen molar-refractivity contribution < 1.29 is 9.90 Å². The molecule has 1 rings (SSSR count). The van der Waals surface area contributed by atoms with Gasteiger partial charge < -0.3 is 16.6 Å². The van der Waals surface area contributed by atoms with E-state index in [0.29, 0.717) is 25.2 Å². The second-order valence-electron chi connectivity index (χ2n) is 4.00. The van der Waals surface area contributed by atoms with Crippen molar-refractivity contribution in [2.75, 3.05) is 25.4 Å². The lowest BCUT2D eigenvalue weighted by molar-refractivity contribution is -0.119. The molecule has 1 amide bonds. The van der Waals surface area contributed by atoms with E-state index in [9.17, 15) is 4.79 Å². The van der Waals surface area contributed by atoms with Gasteiger partial charge in [-0.2, -0.15) is 0 Å². The number of aliphatic hydroxyl groups excluding tert-OH is 1. The van der Waals surface area contributed by atoms with Gasteiger partial charge in [-0.25, -0.2) is 0 Å². The third kappa shape index (κ3) is 5.33. The van der Waals surface area contributed by atoms with Gasteiger partial charge in [-0.05, 0) is 24.1 Å². The van der Waals surface area contributed by atoms with Gasteiger partial charge in [0.1, 0.15) is 0 Å². The van der Waals surface area contributed by atoms with Gasteiger partial charge in [-0.15, -0.1) is 0 Å². The molecule has 17 heavy (non-hydrogen) atoms. The van der Waals surface area contributed by atoms with Crippen LogP contribution in [0.2, 0.25) is 0 Å². The Kier molecular flexibility index (Phi) is 5.45. The lowest BCUT2D eigenvalue weighted by atomic mass is 10.2. The van der Waals surface area contributed by atoms with Crippen LogP contribution in [0.3, 0.4) is 0 Å². The minimum absolute atomic E-state index is 0.103. The number of hydrogen-bond acceptors (Lipinski definition) is 4. The zero-order valence-corrected chi connectivity index (χ0v) is 9.80. The molecule has 5 heteroatoms. The lowest BCUT2D eigenvalue weighted by Crippen LogP contribution is -2.34. The van der Waals surface area contributed by atoms with Gasteiger partial charge in [0.2, 0.25) is 5.91 Å². The summed E-state index contributed by atoms with van der Waals surface area (Å²) in [6.07, 6.45) is 0.621. The smallest absolute Gasteiger partial charge is 0.231 e. The molecule has 5 nitrogen and oxygen atoms in total. The van der Waals surface area contributed by atoms with E-state index in [1.807, 2.05) is 29.2 Å². The van der Waals surface area contributed by atoms with E-state index < -0.39 is 0 Å². The summed E-state index contributed by atoms with van der Waals surface area (Å²) < 4.78 is 0. The molecule has 0 saturated heterocycles. The second kappa shape index (κ2) is 6.88. The molecule has 0 spiro atoms. The number of nitrogens with two attached hydrogens (primary N) is 2. The Morgan fingerprint density at radius 3 is 2.76 bits per heavy atom. The number of carbonyl (C=O) groups is 1. The number of nitrogens with zero attached hydrogens (tertiary/aromatic N) is 1. The van der Waals surface area contributed by atoms with Crippen molar-refractivity contribution in [1.29, 1.82) is 0 Å². The van der Waals surface area contributed by atoms with Gasteiger partial charge in [0, 0.05) is 25.4 Å². The zero-order valence-electron chi connectivity index (χ0n) is 9.80. The van der Waals surface area contributed by atoms with E-state index >= 15 is 0 Å². The van der Waals surface area contributed by atoms with Crippen molar-refractivity contribution in [2.24, 2.45) is 5.73 Å². The molecular weight excluding hydrogens is 218 g/mol. The van der Waals surface area contributed by atoms with E-state index in [4.69, 9.17) is 16.6 Å². The Hall–Kier alpha value is -1.59. The fourth-order valence-electron chi connectivity index (χ4n) is 1.68. The van der Waals surface area contributed by atoms with Gasteiger partial charge in [0.15, 0.2) is 0 Å². The number of benzene rings is 1. The van der Waals surface area contributed by atoms with Crippen molar-refractivity contribution in [3.63, 3.8) is 0 Å². The van der Waals surface area contributed by atoms with Crippen molar-refractivity contribution in [2.45, 2.75) is 13.0 Å². The van der Waals surface area contributed by atoms with Crippen LogP contribution in [0.5, 0.6) is 0 Å². The summed E-state index contributed by atoms with van der Waals surface area (Å²) in [6, 6.07) is 7.51. The van der Waals surface area contributed by atoms with Crippen molar-refractivity contribution >= 4 is 11.6 Å². The second-order valence-corrected chi connectivity index (χ2v) is 4.00. The molecule has 0 heterocycles. The third-order valence-electron chi connectivity index (χ3n) is 2.37. The van der Waals surface area contributed by atoms with Gasteiger partial charge >= 0.3 is 0 Å². The highest BCUT2D eigenvalue weighted by Gasteiger charge is 2.08. The molecule has 0 fully saturated rings. The van der Waals surface area contributed by atoms with Gasteiger partial charge in [0.05, 0.1) is 6.54 Å². The van der Waals surface area contributed by atoms with Crippen LogP contribution in [-0.4, -0.2) is 35.6 Å². The molecule has 0 unspecified atom stereocenters. The fraction of sp³-hybridized carbons (Fsp3) is 0.417. The van der Waals surface area contributed by atoms with Crippen LogP contribution in [0.25, 0.3) is 0 Å². The van der Waals surface area contributed by atoms with Crippen LogP contribution < -0.4 is 11.5 Å². The summed E-state index contributed by atoms with van der Waals surface area (Å²) in [6.45, 7) is 1.53. The Labute approximate surface area is 101 Å². The number of amides is 1. The molecule has 0 aromatic heterocycles. The molecule has 0 atom stereocenters. The fourth-order valence-corrected chi connectivity index (χ4v) is 1.68. The molecule has 0 radical (unpaired) electrons. The van der Waals surface area contributed by atoms with E-state index in [1.165, 1.54) is 0 Å². The summed E-state index contributed by atoms with van der Waals surface area (Å²) in [4.78, 5) is 12.8. The SMILES string of the molecule is NC(=O)CN(CCCO)Cc1cccc(N)c1. The molecule has 0 aliphatic heterocycles. The summed E-state index contributed by atoms with van der Waals surface area (Å²) in [5.74, 6) is -0.369. The van der Waals surface area contributed by atoms with Crippen LogP contribution in [0.1, 0.15) is 12.0 Å². The van der Waals surface area contributed by atoms with Crippen molar-refractivity contribution in [3.05, 3.63) is 29.8 Å². The molecule has 94 valence electrons. The van der Waals surface area contributed by atoms with E-state index in [0.717, 1.165) is 5.56 Å². The van der Waals surface area contributed by atoms with E-state index in [-0.39, 0.29) is 19.1 Å². The minimum Gasteiger partial charge on any atom is -0.399 e. The van der Waals surface area contributed by atoms with Crippen LogP contribution in [-0.2, 0) is 11.3 Å². The molecule has 0 bridgehead atoms. The zero-order chi connectivity index (χ0) is 12.7. The Balaban J connectivity index is 2.61. The minimum atomic E-state index is -0.369. The van der Waals surface area contributed by atoms with Crippen LogP contribution >= 0.6 is 0 Å². The highest BCUT2D eigenvalue weighted by atomic mass is 16.3. The molecule has 1 aromatic rings. The maximum Gasteiger partial charge on any atom is 0.231 e. The Bertz CT molecular complexity index is 369. The van der Waals surface area contributed by atoms with E-state index in [1.54, 1.807) is 0 Å². The maximum absolute atomic E-state index is 10.9. The number of carbonyl (C=O) groups excluding carboxylic acids is 1. The standard InChI is InChI=1S/C12H19N3O2/c13-11-4-1-3-10(7-11)8-15(5-2-6-16)9-12(14)17/h1,3-4,7,16H,2,5-6,8-9,13H2,(H2,14,17). The average Bonchev–Trinajstić information content (AvgIpc) is 2.25. The molecule has 0 saturated carbocycles. The van der Waals surface area contributed by atoms with Crippen LogP contribution in [0, 0.1) is 0 Å². The van der Waals surface area contributed by atoms with Crippen molar-refractivity contribution in [3.8, 4) is 0 Å². The summed E-state index contributed by atoms with van der Waals surface area (Å²) in [5.41, 5.74) is 12.6. The van der Waals surface area contributed by atoms with E-state index in [2.05, 4.69) is 0 Å². The predicted molar refractivity (Wildman–Crippen MR) is 67.0 cm³/mol. The first-order valence-electron chi connectivity index (χ1n) is 5.57. The first-order chi connectivity index (χ1) is 8.11. The number of rotatable bonds is 7. The average molecular weight is 237 g/mol. The van der Waals surface area contributed by atoms with Crippen LogP contribution in [0.4, 0.5) is 5.69 Å². The summed E-state index contributed by atoms with van der Waals surface area (Å²) in [7, 11) is 0. The molecule has 0 aliphatic rings. The first-order valence-corrected chi connectivity index (χ1v) is 5.57. The molecule has 5 N–H and O–H groups in total. The maximum atomic E-state index is 10.9. The highest BCUT2D eigenvalue weighted by Crippen LogP contribution is 2.09. The monoisotopic (exact) mass is 237 g/mol. The number of nitrogen functional groups attached to an aromatic ring is 1. The highest BCUT2D eigenvalue weighted by molar-refractivity contribution is 5.75. The predicted octanol–water partition coefficient (Wildman–Crippen LogP) is -0.0615. The molecular formula is C12H19N3O2.